The van der Waals surface area contributed by atoms with Crippen LogP contribution in [-0.2, 0) is 23.9 Å². The summed E-state index contributed by atoms with van der Waals surface area (Å²) in [7, 11) is 0. The third-order valence-electron chi connectivity index (χ3n) is 1.50. The third kappa shape index (κ3) is 3.23. The maximum atomic E-state index is 2.31. The van der Waals surface area contributed by atoms with Crippen LogP contribution < -0.4 is 0 Å². The van der Waals surface area contributed by atoms with Crippen LogP contribution in [0.3, 0.4) is 0 Å². The Morgan fingerprint density at radius 2 is 1.00 bits per heavy atom. The molecule has 0 aliphatic heterocycles. The van der Waals surface area contributed by atoms with Gasteiger partial charge >= 0.3 is 79.5 Å². The summed E-state index contributed by atoms with van der Waals surface area (Å²) in [6, 6.07) is 0. The van der Waals surface area contributed by atoms with Crippen LogP contribution in [0.1, 0.15) is 41.5 Å². The molecule has 0 fully saturated rings. The first kappa shape index (κ1) is 10.7. The molecule has 0 nitrogen and oxygen atoms in total. The molecule has 0 heterocycles. The Labute approximate surface area is 79.5 Å². The van der Waals surface area contributed by atoms with Gasteiger partial charge in [-0.15, -0.1) is 0 Å². The summed E-state index contributed by atoms with van der Waals surface area (Å²) in [6.45, 7) is 13.8. The Morgan fingerprint density at radius 3 is 1.00 bits per heavy atom. The fraction of sp³-hybridized carbons (Fsp3) is 0.889. The molecule has 0 unspecified atom stereocenters. The molecule has 0 aliphatic rings. The predicted molar refractivity (Wildman–Crippen MR) is 43.9 cm³/mol. The molecule has 0 rings (SSSR count). The van der Waals surface area contributed by atoms with Gasteiger partial charge in [0, 0.05) is 0 Å². The van der Waals surface area contributed by atoms with Gasteiger partial charge in [-0.1, -0.05) is 0 Å². The van der Waals surface area contributed by atoms with E-state index in [1.54, 1.807) is 3.26 Å². The second-order valence-electron chi connectivity index (χ2n) is 4.88. The second-order valence-corrected chi connectivity index (χ2v) is 6.67. The molecule has 0 aromatic carbocycles. The summed E-state index contributed by atoms with van der Waals surface area (Å²) < 4.78 is 1.71. The van der Waals surface area contributed by atoms with Gasteiger partial charge in [0.2, 0.25) is 0 Å². The first-order valence-electron chi connectivity index (χ1n) is 3.75. The Bertz CT molecular complexity index is 116. The van der Waals surface area contributed by atoms with Gasteiger partial charge in [0.05, 0.1) is 0 Å². The van der Waals surface area contributed by atoms with E-state index in [-0.39, 0.29) is 0 Å². The van der Waals surface area contributed by atoms with E-state index in [0.717, 1.165) is 0 Å². The first-order valence-corrected chi connectivity index (χ1v) is 5.55. The quantitative estimate of drug-likeness (QED) is 0.604. The van der Waals surface area contributed by atoms with Crippen molar-refractivity contribution in [2.75, 3.05) is 0 Å². The zero-order valence-corrected chi connectivity index (χ0v) is 11.6. The van der Waals surface area contributed by atoms with Crippen LogP contribution in [0.15, 0.2) is 0 Å². The van der Waals surface area contributed by atoms with Gasteiger partial charge < -0.3 is 0 Å². The molecule has 0 atom stereocenters. The molecule has 0 spiro atoms. The summed E-state index contributed by atoms with van der Waals surface area (Å²) in [6.07, 6.45) is 0. The Balaban J connectivity index is 4.40. The van der Waals surface area contributed by atoms with E-state index in [1.807, 2.05) is 0 Å². The Morgan fingerprint density at radius 1 is 0.800 bits per heavy atom. The summed E-state index contributed by atoms with van der Waals surface area (Å²) in [5, 5.41) is 0. The van der Waals surface area contributed by atoms with Crippen molar-refractivity contribution in [2.45, 2.75) is 41.5 Å². The van der Waals surface area contributed by atoms with Gasteiger partial charge in [0.1, 0.15) is 0 Å². The van der Waals surface area contributed by atoms with E-state index in [1.165, 1.54) is 23.9 Å². The van der Waals surface area contributed by atoms with Gasteiger partial charge in [0.25, 0.3) is 0 Å². The fourth-order valence-corrected chi connectivity index (χ4v) is 1.12. The number of hydrogen-bond donors (Lipinski definition) is 0. The van der Waals surface area contributed by atoms with Crippen molar-refractivity contribution in [1.82, 2.24) is 0 Å². The van der Waals surface area contributed by atoms with Gasteiger partial charge in [-0.3, -0.25) is 0 Å². The average molecular weight is 305 g/mol. The zero-order chi connectivity index (χ0) is 8.58. The van der Waals surface area contributed by atoms with Crippen LogP contribution in [0.4, 0.5) is 0 Å². The predicted octanol–water partition coefficient (Wildman–Crippen LogP) is 2.80. The summed E-state index contributed by atoms with van der Waals surface area (Å²) in [5.74, 6) is 0. The normalized spacial score (nSPS) is 13.6. The van der Waals surface area contributed by atoms with Gasteiger partial charge in [-0.2, -0.15) is 0 Å². The van der Waals surface area contributed by atoms with Crippen LogP contribution in [0.5, 0.6) is 0 Å². The van der Waals surface area contributed by atoms with Crippen molar-refractivity contribution in [3.63, 3.8) is 0 Å². The molecule has 0 amide bonds. The molecule has 0 N–H and O–H groups in total. The molecule has 0 aromatic rings. The number of hydrogen-bond acceptors (Lipinski definition) is 0. The molecule has 1 heteroatoms. The minimum absolute atomic E-state index is 0.421. The van der Waals surface area contributed by atoms with E-state index in [4.69, 9.17) is 0 Å². The van der Waals surface area contributed by atoms with Crippen LogP contribution in [-0.4, -0.2) is 3.26 Å². The fourth-order valence-electron chi connectivity index (χ4n) is 1.12. The summed E-state index contributed by atoms with van der Waals surface area (Å²) in [4.78, 5) is 0. The van der Waals surface area contributed by atoms with Crippen molar-refractivity contribution in [3.05, 3.63) is 0 Å². The SMILES string of the molecule is CC(C)(C)[C](=[Hf+2])C(C)(C)C. The van der Waals surface area contributed by atoms with Crippen LogP contribution in [0.25, 0.3) is 0 Å². The van der Waals surface area contributed by atoms with E-state index in [9.17, 15) is 0 Å². The Kier molecular flexibility index (Phi) is 3.23. The van der Waals surface area contributed by atoms with Crippen LogP contribution in [0.2, 0.25) is 0 Å². The molecular formula is C9H18Hf+2. The maximum absolute atomic E-state index is 2.31. The van der Waals surface area contributed by atoms with E-state index < -0.39 is 0 Å². The van der Waals surface area contributed by atoms with E-state index in [2.05, 4.69) is 41.5 Å². The third-order valence-corrected chi connectivity index (χ3v) is 6.89. The molecule has 10 heavy (non-hydrogen) atoms. The van der Waals surface area contributed by atoms with Crippen LogP contribution in [0, 0.1) is 10.8 Å². The van der Waals surface area contributed by atoms with Crippen molar-refractivity contribution in [2.24, 2.45) is 10.8 Å². The summed E-state index contributed by atoms with van der Waals surface area (Å²) >= 11 is 1.22. The van der Waals surface area contributed by atoms with Gasteiger partial charge in [0.15, 0.2) is 0 Å². The minimum atomic E-state index is 0.421. The molecule has 0 aliphatic carbocycles. The van der Waals surface area contributed by atoms with Crippen molar-refractivity contribution in [1.29, 1.82) is 0 Å². The van der Waals surface area contributed by atoms with Crippen molar-refractivity contribution >= 4 is 3.26 Å². The van der Waals surface area contributed by atoms with Crippen molar-refractivity contribution in [3.8, 4) is 0 Å². The monoisotopic (exact) mass is 306 g/mol. The standard InChI is InChI=1S/C9H18.Hf/c1-8(2,3)7-9(4,5)6;/h1-6H3;/q;+2. The molecule has 0 saturated carbocycles. The Hall–Kier alpha value is 0.740. The van der Waals surface area contributed by atoms with E-state index >= 15 is 0 Å². The molecule has 0 aromatic heterocycles. The van der Waals surface area contributed by atoms with E-state index in [0.29, 0.717) is 10.8 Å². The number of rotatable bonds is 0. The topological polar surface area (TPSA) is 0 Å². The van der Waals surface area contributed by atoms with Gasteiger partial charge in [-0.05, 0) is 0 Å². The molecule has 56 valence electrons. The molecule has 0 radical (unpaired) electrons. The summed E-state index contributed by atoms with van der Waals surface area (Å²) in [5.41, 5.74) is 0.842. The molecule has 0 bridgehead atoms. The first-order chi connectivity index (χ1) is 4.15. The van der Waals surface area contributed by atoms with Gasteiger partial charge in [-0.25, -0.2) is 0 Å². The molecular weight excluding hydrogens is 287 g/mol. The second kappa shape index (κ2) is 3.00. The van der Waals surface area contributed by atoms with Crippen molar-refractivity contribution < 1.29 is 23.9 Å². The molecule has 0 saturated heterocycles. The zero-order valence-electron chi connectivity index (χ0n) is 8.00. The average Bonchev–Trinajstić information content (AvgIpc) is 1.59. The van der Waals surface area contributed by atoms with Crippen LogP contribution >= 0.6 is 0 Å².